The Labute approximate surface area is 65.3 Å². The van der Waals surface area contributed by atoms with Gasteiger partial charge in [-0.05, 0) is 6.42 Å². The van der Waals surface area contributed by atoms with Crippen LogP contribution in [0, 0.1) is 0 Å². The molecule has 0 aromatic heterocycles. The van der Waals surface area contributed by atoms with E-state index in [0.29, 0.717) is 6.42 Å². The second-order valence-electron chi connectivity index (χ2n) is 2.50. The van der Waals surface area contributed by atoms with Crippen molar-refractivity contribution in [1.82, 2.24) is 5.32 Å². The van der Waals surface area contributed by atoms with E-state index in [-0.39, 0.29) is 0 Å². The summed E-state index contributed by atoms with van der Waals surface area (Å²) in [5.74, 6) is -0.0129. The summed E-state index contributed by atoms with van der Waals surface area (Å²) in [7, 11) is 0. The lowest BCUT2D eigenvalue weighted by molar-refractivity contribution is -0.138. The molecular weight excluding hydrogens is 144 g/mol. The van der Waals surface area contributed by atoms with Crippen LogP contribution in [0.5, 0.6) is 0 Å². The quantitative estimate of drug-likeness (QED) is 0.602. The van der Waals surface area contributed by atoms with Crippen molar-refractivity contribution in [2.75, 3.05) is 6.54 Å². The molecule has 1 rings (SSSR count). The molecule has 1 heterocycles. The Balaban J connectivity index is 2.62. The lowest BCUT2D eigenvalue weighted by Gasteiger charge is -2.17. The van der Waals surface area contributed by atoms with Crippen molar-refractivity contribution < 1.29 is 9.90 Å². The van der Waals surface area contributed by atoms with Gasteiger partial charge in [-0.25, -0.2) is 4.79 Å². The Kier molecular flexibility index (Phi) is 2.46. The number of nitrogens with one attached hydrogen (secondary N) is 1. The van der Waals surface area contributed by atoms with E-state index in [1.807, 2.05) is 6.92 Å². The molecule has 1 unspecified atom stereocenters. The third-order valence-corrected chi connectivity index (χ3v) is 1.68. The Morgan fingerprint density at radius 3 is 3.18 bits per heavy atom. The molecule has 0 fully saturated rings. The zero-order chi connectivity index (χ0) is 8.27. The van der Waals surface area contributed by atoms with E-state index in [9.17, 15) is 4.79 Å². The van der Waals surface area contributed by atoms with Gasteiger partial charge in [-0.3, -0.25) is 4.99 Å². The maximum Gasteiger partial charge on any atom is 0.328 e. The van der Waals surface area contributed by atoms with Crippen molar-refractivity contribution in [1.29, 1.82) is 0 Å². The summed E-state index contributed by atoms with van der Waals surface area (Å²) < 4.78 is 0. The minimum Gasteiger partial charge on any atom is -0.480 e. The highest BCUT2D eigenvalue weighted by molar-refractivity contribution is 5.86. The van der Waals surface area contributed by atoms with Crippen LogP contribution in [-0.2, 0) is 4.79 Å². The summed E-state index contributed by atoms with van der Waals surface area (Å²) >= 11 is 0. The fourth-order valence-electron chi connectivity index (χ4n) is 1.05. The summed E-state index contributed by atoms with van der Waals surface area (Å²) in [6, 6.07) is -0.522. The first-order valence-electron chi connectivity index (χ1n) is 3.77. The van der Waals surface area contributed by atoms with Crippen LogP contribution >= 0.6 is 0 Å². The van der Waals surface area contributed by atoms with Gasteiger partial charge in [0.05, 0.1) is 5.84 Å². The molecule has 0 saturated carbocycles. The van der Waals surface area contributed by atoms with Crippen molar-refractivity contribution >= 4 is 11.8 Å². The zero-order valence-electron chi connectivity index (χ0n) is 6.50. The van der Waals surface area contributed by atoms with Gasteiger partial charge in [-0.15, -0.1) is 0 Å². The van der Waals surface area contributed by atoms with Crippen LogP contribution in [0.4, 0.5) is 0 Å². The van der Waals surface area contributed by atoms with E-state index in [4.69, 9.17) is 5.11 Å². The van der Waals surface area contributed by atoms with E-state index < -0.39 is 12.0 Å². The Morgan fingerprint density at radius 2 is 2.64 bits per heavy atom. The molecule has 0 saturated heterocycles. The maximum absolute atomic E-state index is 10.5. The number of nitrogens with zero attached hydrogens (tertiary/aromatic N) is 1. The Bertz CT molecular complexity index is 189. The predicted octanol–water partition coefficient (Wildman–Crippen LogP) is 0.241. The SMILES string of the molecule is CCC1=NC(C(=O)O)CCN1. The fourth-order valence-corrected chi connectivity index (χ4v) is 1.05. The van der Waals surface area contributed by atoms with Crippen molar-refractivity contribution in [3.8, 4) is 0 Å². The summed E-state index contributed by atoms with van der Waals surface area (Å²) in [4.78, 5) is 14.5. The monoisotopic (exact) mass is 156 g/mol. The molecule has 1 atom stereocenters. The summed E-state index contributed by atoms with van der Waals surface area (Å²) in [6.07, 6.45) is 1.38. The number of hydrogen-bond donors (Lipinski definition) is 2. The van der Waals surface area contributed by atoms with Gasteiger partial charge in [0.2, 0.25) is 0 Å². The normalized spacial score (nSPS) is 23.7. The Morgan fingerprint density at radius 1 is 1.91 bits per heavy atom. The Hall–Kier alpha value is -1.06. The van der Waals surface area contributed by atoms with Gasteiger partial charge >= 0.3 is 5.97 Å². The molecule has 1 aliphatic rings. The standard InChI is InChI=1S/C7H12N2O2/c1-2-6-8-4-3-5(9-6)7(10)11/h5H,2-4H2,1H3,(H,8,9)(H,10,11). The molecule has 4 nitrogen and oxygen atoms in total. The van der Waals surface area contributed by atoms with Crippen LogP contribution in [0.3, 0.4) is 0 Å². The highest BCUT2D eigenvalue weighted by atomic mass is 16.4. The molecule has 1 aliphatic heterocycles. The first-order valence-corrected chi connectivity index (χ1v) is 3.77. The van der Waals surface area contributed by atoms with Crippen LogP contribution in [0.1, 0.15) is 19.8 Å². The van der Waals surface area contributed by atoms with E-state index in [0.717, 1.165) is 18.8 Å². The lowest BCUT2D eigenvalue weighted by Crippen LogP contribution is -2.36. The fraction of sp³-hybridized carbons (Fsp3) is 0.714. The van der Waals surface area contributed by atoms with Crippen molar-refractivity contribution in [2.24, 2.45) is 4.99 Å². The van der Waals surface area contributed by atoms with Crippen LogP contribution in [0.2, 0.25) is 0 Å². The third kappa shape index (κ3) is 1.93. The molecule has 62 valence electrons. The average Bonchev–Trinajstić information content (AvgIpc) is 2.05. The molecule has 4 heteroatoms. The van der Waals surface area contributed by atoms with Crippen LogP contribution in [-0.4, -0.2) is 29.5 Å². The average molecular weight is 156 g/mol. The highest BCUT2D eigenvalue weighted by Gasteiger charge is 2.19. The van der Waals surface area contributed by atoms with Gasteiger partial charge in [0.1, 0.15) is 0 Å². The van der Waals surface area contributed by atoms with E-state index in [1.54, 1.807) is 0 Å². The molecule has 11 heavy (non-hydrogen) atoms. The van der Waals surface area contributed by atoms with Gasteiger partial charge in [0.15, 0.2) is 6.04 Å². The number of aliphatic imine (C=N–C) groups is 1. The number of amidine groups is 1. The number of carboxylic acid groups (broad SMARTS) is 1. The van der Waals surface area contributed by atoms with E-state index >= 15 is 0 Å². The molecule has 0 amide bonds. The smallest absolute Gasteiger partial charge is 0.328 e. The van der Waals surface area contributed by atoms with Gasteiger partial charge in [0.25, 0.3) is 0 Å². The number of carboxylic acids is 1. The minimum atomic E-state index is -0.822. The van der Waals surface area contributed by atoms with Crippen molar-refractivity contribution in [3.05, 3.63) is 0 Å². The first-order chi connectivity index (χ1) is 5.24. The lowest BCUT2D eigenvalue weighted by atomic mass is 10.2. The molecule has 0 bridgehead atoms. The molecule has 0 aromatic carbocycles. The largest absolute Gasteiger partial charge is 0.480 e. The topological polar surface area (TPSA) is 61.7 Å². The number of carbonyl (C=O) groups is 1. The number of rotatable bonds is 2. The van der Waals surface area contributed by atoms with E-state index in [2.05, 4.69) is 10.3 Å². The minimum absolute atomic E-state index is 0.522. The molecule has 0 radical (unpaired) electrons. The first kappa shape index (κ1) is 8.04. The van der Waals surface area contributed by atoms with E-state index in [1.165, 1.54) is 0 Å². The summed E-state index contributed by atoms with van der Waals surface area (Å²) in [5, 5.41) is 11.7. The predicted molar refractivity (Wildman–Crippen MR) is 41.8 cm³/mol. The molecule has 0 aliphatic carbocycles. The molecule has 2 N–H and O–H groups in total. The molecular formula is C7H12N2O2. The van der Waals surface area contributed by atoms with Crippen LogP contribution < -0.4 is 5.32 Å². The van der Waals surface area contributed by atoms with Crippen LogP contribution in [0.25, 0.3) is 0 Å². The van der Waals surface area contributed by atoms with Crippen molar-refractivity contribution in [2.45, 2.75) is 25.8 Å². The number of hydrogen-bond acceptors (Lipinski definition) is 3. The summed E-state index contributed by atoms with van der Waals surface area (Å²) in [5.41, 5.74) is 0. The van der Waals surface area contributed by atoms with Gasteiger partial charge in [-0.2, -0.15) is 0 Å². The van der Waals surface area contributed by atoms with Crippen molar-refractivity contribution in [3.63, 3.8) is 0 Å². The second kappa shape index (κ2) is 3.37. The second-order valence-corrected chi connectivity index (χ2v) is 2.50. The molecule has 0 spiro atoms. The maximum atomic E-state index is 10.5. The number of aliphatic carboxylic acids is 1. The molecule has 0 aromatic rings. The zero-order valence-corrected chi connectivity index (χ0v) is 6.50. The van der Waals surface area contributed by atoms with Crippen LogP contribution in [0.15, 0.2) is 4.99 Å². The highest BCUT2D eigenvalue weighted by Crippen LogP contribution is 2.03. The van der Waals surface area contributed by atoms with Gasteiger partial charge < -0.3 is 10.4 Å². The summed E-state index contributed by atoms with van der Waals surface area (Å²) in [6.45, 7) is 2.68. The van der Waals surface area contributed by atoms with Gasteiger partial charge in [-0.1, -0.05) is 6.92 Å². The van der Waals surface area contributed by atoms with Gasteiger partial charge in [0, 0.05) is 13.0 Å². The third-order valence-electron chi connectivity index (χ3n) is 1.68.